The molecule has 5 rings (SSSR count). The van der Waals surface area contributed by atoms with Crippen molar-refractivity contribution in [3.05, 3.63) is 47.1 Å². The van der Waals surface area contributed by atoms with Gasteiger partial charge in [0.2, 0.25) is 11.8 Å². The minimum absolute atomic E-state index is 0. The van der Waals surface area contributed by atoms with Gasteiger partial charge in [-0.1, -0.05) is 23.7 Å². The minimum Gasteiger partial charge on any atom is -0.378 e. The van der Waals surface area contributed by atoms with E-state index in [1.165, 1.54) is 37.9 Å². The molecule has 11 heteroatoms. The summed E-state index contributed by atoms with van der Waals surface area (Å²) in [5.41, 5.74) is 2.03. The van der Waals surface area contributed by atoms with Crippen LogP contribution >= 0.6 is 12.4 Å². The maximum Gasteiger partial charge on any atom is 0.253 e. The predicted octanol–water partition coefficient (Wildman–Crippen LogP) is 2.23. The van der Waals surface area contributed by atoms with E-state index < -0.39 is 0 Å². The molecule has 4 heterocycles. The molecule has 2 aromatic rings. The SMILES string of the molecule is Cl.O=C(CCc1nc(CN2CCN(C(=O)c3ccc(CN4CCCCC4)cc3)CC2)no1)N1CCOCC1. The Bertz CT molecular complexity index is 1030. The summed E-state index contributed by atoms with van der Waals surface area (Å²) >= 11 is 0. The number of carbonyl (C=O) groups is 2. The monoisotopic (exact) mass is 546 g/mol. The van der Waals surface area contributed by atoms with Gasteiger partial charge in [0.25, 0.3) is 5.91 Å². The third-order valence-corrected chi connectivity index (χ3v) is 7.51. The number of amides is 2. The molecule has 1 aromatic carbocycles. The fraction of sp³-hybridized carbons (Fsp3) is 0.630. The molecule has 208 valence electrons. The third kappa shape index (κ3) is 7.75. The van der Waals surface area contributed by atoms with Crippen LogP contribution < -0.4 is 0 Å². The van der Waals surface area contributed by atoms with Crippen LogP contribution in [0.3, 0.4) is 0 Å². The number of ether oxygens (including phenoxy) is 1. The Morgan fingerprint density at radius 3 is 2.18 bits per heavy atom. The van der Waals surface area contributed by atoms with Crippen LogP contribution in [-0.2, 0) is 29.0 Å². The molecule has 0 radical (unpaired) electrons. The van der Waals surface area contributed by atoms with Crippen molar-refractivity contribution in [3.63, 3.8) is 0 Å². The summed E-state index contributed by atoms with van der Waals surface area (Å²) in [6.45, 7) is 9.25. The molecule has 3 aliphatic heterocycles. The van der Waals surface area contributed by atoms with Gasteiger partial charge < -0.3 is 19.1 Å². The number of halogens is 1. The van der Waals surface area contributed by atoms with Gasteiger partial charge in [0.15, 0.2) is 5.82 Å². The van der Waals surface area contributed by atoms with E-state index in [9.17, 15) is 9.59 Å². The molecule has 1 aromatic heterocycles. The van der Waals surface area contributed by atoms with Crippen LogP contribution in [0.5, 0.6) is 0 Å². The van der Waals surface area contributed by atoms with Crippen LogP contribution in [0.4, 0.5) is 0 Å². The average Bonchev–Trinajstić information content (AvgIpc) is 3.40. The Hall–Kier alpha value is -2.53. The van der Waals surface area contributed by atoms with E-state index in [1.807, 2.05) is 21.9 Å². The lowest BCUT2D eigenvalue weighted by molar-refractivity contribution is -0.135. The van der Waals surface area contributed by atoms with Crippen molar-refractivity contribution in [2.45, 2.75) is 45.2 Å². The Kier molecular flexibility index (Phi) is 10.5. The van der Waals surface area contributed by atoms with Gasteiger partial charge in [0, 0.05) is 64.2 Å². The Morgan fingerprint density at radius 1 is 0.789 bits per heavy atom. The molecule has 3 aliphatic rings. The number of benzene rings is 1. The highest BCUT2D eigenvalue weighted by Crippen LogP contribution is 2.16. The molecule has 0 spiro atoms. The van der Waals surface area contributed by atoms with Crippen LogP contribution in [-0.4, -0.2) is 107 Å². The molecule has 2 amide bonds. The van der Waals surface area contributed by atoms with Crippen LogP contribution in [0.25, 0.3) is 0 Å². The summed E-state index contributed by atoms with van der Waals surface area (Å²) in [6.07, 6.45) is 4.72. The Balaban J connectivity index is 0.00000336. The molecule has 38 heavy (non-hydrogen) atoms. The van der Waals surface area contributed by atoms with Gasteiger partial charge in [-0.3, -0.25) is 19.4 Å². The number of hydrogen-bond acceptors (Lipinski definition) is 8. The molecule has 0 unspecified atom stereocenters. The number of aromatic nitrogens is 2. The molecule has 0 atom stereocenters. The largest absolute Gasteiger partial charge is 0.378 e. The van der Waals surface area contributed by atoms with Crippen molar-refractivity contribution >= 4 is 24.2 Å². The van der Waals surface area contributed by atoms with Gasteiger partial charge in [0.05, 0.1) is 19.8 Å². The average molecular weight is 547 g/mol. The van der Waals surface area contributed by atoms with Crippen LogP contribution in [0, 0.1) is 0 Å². The zero-order chi connectivity index (χ0) is 25.5. The zero-order valence-electron chi connectivity index (χ0n) is 22.1. The number of aryl methyl sites for hydroxylation is 1. The lowest BCUT2D eigenvalue weighted by Crippen LogP contribution is -2.48. The molecular weight excluding hydrogens is 508 g/mol. The van der Waals surface area contributed by atoms with E-state index >= 15 is 0 Å². The van der Waals surface area contributed by atoms with Crippen molar-refractivity contribution in [2.24, 2.45) is 0 Å². The minimum atomic E-state index is 0. The highest BCUT2D eigenvalue weighted by molar-refractivity contribution is 5.94. The number of piperidine rings is 1. The Labute approximate surface area is 230 Å². The fourth-order valence-electron chi connectivity index (χ4n) is 5.26. The summed E-state index contributed by atoms with van der Waals surface area (Å²) in [4.78, 5) is 38.3. The number of nitrogens with zero attached hydrogens (tertiary/aromatic N) is 6. The number of rotatable bonds is 8. The number of hydrogen-bond donors (Lipinski definition) is 0. The molecule has 0 N–H and O–H groups in total. The second kappa shape index (κ2) is 14.0. The smallest absolute Gasteiger partial charge is 0.253 e. The van der Waals surface area contributed by atoms with Gasteiger partial charge in [-0.25, -0.2) is 0 Å². The molecule has 3 fully saturated rings. The quantitative estimate of drug-likeness (QED) is 0.497. The van der Waals surface area contributed by atoms with Crippen molar-refractivity contribution in [2.75, 3.05) is 65.6 Å². The molecule has 0 bridgehead atoms. The normalized spacial score (nSPS) is 19.3. The van der Waals surface area contributed by atoms with Gasteiger partial charge in [0.1, 0.15) is 0 Å². The van der Waals surface area contributed by atoms with Crippen molar-refractivity contribution in [1.82, 2.24) is 29.7 Å². The lowest BCUT2D eigenvalue weighted by atomic mass is 10.1. The summed E-state index contributed by atoms with van der Waals surface area (Å²) in [7, 11) is 0. The van der Waals surface area contributed by atoms with Crippen LogP contribution in [0.2, 0.25) is 0 Å². The van der Waals surface area contributed by atoms with Crippen molar-refractivity contribution < 1.29 is 18.8 Å². The standard InChI is InChI=1S/C27H38N6O4.ClH/c34-26(32-16-18-36-19-17-32)9-8-25-28-24(29-37-25)21-31-12-14-33(15-13-31)27(35)23-6-4-22(5-7-23)20-30-10-2-1-3-11-30;/h4-7H,1-3,8-21H2;1H. The van der Waals surface area contributed by atoms with E-state index in [2.05, 4.69) is 32.1 Å². The number of carbonyl (C=O) groups excluding carboxylic acids is 2. The van der Waals surface area contributed by atoms with E-state index in [4.69, 9.17) is 9.26 Å². The molecule has 0 saturated carbocycles. The van der Waals surface area contributed by atoms with Gasteiger partial charge in [-0.2, -0.15) is 4.98 Å². The van der Waals surface area contributed by atoms with Crippen LogP contribution in [0.1, 0.15) is 53.3 Å². The first-order valence-electron chi connectivity index (χ1n) is 13.6. The maximum atomic E-state index is 13.0. The van der Waals surface area contributed by atoms with Gasteiger partial charge in [-0.15, -0.1) is 12.4 Å². The molecule has 10 nitrogen and oxygen atoms in total. The van der Waals surface area contributed by atoms with Crippen LogP contribution in [0.15, 0.2) is 28.8 Å². The van der Waals surface area contributed by atoms with Gasteiger partial charge >= 0.3 is 0 Å². The summed E-state index contributed by atoms with van der Waals surface area (Å²) < 4.78 is 10.7. The highest BCUT2D eigenvalue weighted by Gasteiger charge is 2.24. The fourth-order valence-corrected chi connectivity index (χ4v) is 5.26. The first-order valence-corrected chi connectivity index (χ1v) is 13.6. The van der Waals surface area contributed by atoms with E-state index in [-0.39, 0.29) is 24.2 Å². The van der Waals surface area contributed by atoms with E-state index in [1.54, 1.807) is 0 Å². The Morgan fingerprint density at radius 2 is 1.47 bits per heavy atom. The van der Waals surface area contributed by atoms with E-state index in [0.717, 1.165) is 25.2 Å². The second-order valence-electron chi connectivity index (χ2n) is 10.2. The molecule has 3 saturated heterocycles. The van der Waals surface area contributed by atoms with E-state index in [0.29, 0.717) is 70.5 Å². The number of morpholine rings is 1. The summed E-state index contributed by atoms with van der Waals surface area (Å²) in [5.74, 6) is 1.31. The molecular formula is C27H39ClN6O4. The summed E-state index contributed by atoms with van der Waals surface area (Å²) in [5, 5.41) is 4.10. The molecule has 0 aliphatic carbocycles. The highest BCUT2D eigenvalue weighted by atomic mass is 35.5. The summed E-state index contributed by atoms with van der Waals surface area (Å²) in [6, 6.07) is 8.14. The van der Waals surface area contributed by atoms with Crippen molar-refractivity contribution in [3.8, 4) is 0 Å². The third-order valence-electron chi connectivity index (χ3n) is 7.51. The van der Waals surface area contributed by atoms with Gasteiger partial charge in [-0.05, 0) is 43.6 Å². The lowest BCUT2D eigenvalue weighted by Gasteiger charge is -2.34. The second-order valence-corrected chi connectivity index (χ2v) is 10.2. The number of piperazine rings is 1. The first kappa shape index (κ1) is 28.5. The first-order chi connectivity index (χ1) is 18.1. The topological polar surface area (TPSA) is 95.3 Å². The van der Waals surface area contributed by atoms with Crippen molar-refractivity contribution in [1.29, 1.82) is 0 Å². The predicted molar refractivity (Wildman–Crippen MR) is 144 cm³/mol. The zero-order valence-corrected chi connectivity index (χ0v) is 22.9. The number of likely N-dealkylation sites (tertiary alicyclic amines) is 1. The maximum absolute atomic E-state index is 13.0.